The van der Waals surface area contributed by atoms with E-state index in [-0.39, 0.29) is 0 Å². The Bertz CT molecular complexity index is 175. The molecule has 0 N–H and O–H groups in total. The normalized spacial score (nSPS) is 13.1. The third-order valence-electron chi connectivity index (χ3n) is 1.36. The van der Waals surface area contributed by atoms with Gasteiger partial charge in [-0.3, -0.25) is 0 Å². The van der Waals surface area contributed by atoms with E-state index in [2.05, 4.69) is 44.6 Å². The van der Waals surface area contributed by atoms with Gasteiger partial charge in [0.2, 0.25) is 0 Å². The van der Waals surface area contributed by atoms with Crippen LogP contribution in [0.1, 0.15) is 13.3 Å². The molecule has 0 radical (unpaired) electrons. The van der Waals surface area contributed by atoms with Crippen LogP contribution in [0, 0.1) is 17.4 Å². The predicted molar refractivity (Wildman–Crippen MR) is 55.1 cm³/mol. The van der Waals surface area contributed by atoms with Crippen molar-refractivity contribution in [1.82, 2.24) is 0 Å². The van der Waals surface area contributed by atoms with Crippen LogP contribution in [0.3, 0.4) is 0 Å². The van der Waals surface area contributed by atoms with Crippen LogP contribution in [-0.2, 0) is 0 Å². The molecule has 0 heterocycles. The zero-order valence-corrected chi connectivity index (χ0v) is 9.07. The molecule has 0 aliphatic heterocycles. The molecule has 0 aliphatic rings. The van der Waals surface area contributed by atoms with Gasteiger partial charge in [0.15, 0.2) is 0 Å². The van der Waals surface area contributed by atoms with Gasteiger partial charge < -0.3 is 0 Å². The van der Waals surface area contributed by atoms with E-state index < -0.39 is 8.07 Å². The third-order valence-corrected chi connectivity index (χ3v) is 2.25. The second-order valence-corrected chi connectivity index (χ2v) is 8.52. The van der Waals surface area contributed by atoms with E-state index in [9.17, 15) is 0 Å². The van der Waals surface area contributed by atoms with Gasteiger partial charge in [0.05, 0.1) is 0 Å². The summed E-state index contributed by atoms with van der Waals surface area (Å²) < 4.78 is 0. The molecule has 1 unspecified atom stereocenters. The Morgan fingerprint density at radius 1 is 1.45 bits per heavy atom. The van der Waals surface area contributed by atoms with Crippen LogP contribution in [0.2, 0.25) is 19.6 Å². The highest BCUT2D eigenvalue weighted by Gasteiger charge is 2.07. The molecule has 0 aromatic heterocycles. The van der Waals surface area contributed by atoms with Crippen molar-refractivity contribution in [3.8, 4) is 11.5 Å². The van der Waals surface area contributed by atoms with Gasteiger partial charge in [-0.2, -0.15) is 0 Å². The molecular weight excluding hydrogens is 148 g/mol. The van der Waals surface area contributed by atoms with Crippen LogP contribution < -0.4 is 0 Å². The molecule has 0 aliphatic carbocycles. The lowest BCUT2D eigenvalue weighted by molar-refractivity contribution is 0.803. The molecule has 0 bridgehead atoms. The van der Waals surface area contributed by atoms with E-state index in [1.165, 1.54) is 0 Å². The van der Waals surface area contributed by atoms with Gasteiger partial charge in [0.25, 0.3) is 0 Å². The van der Waals surface area contributed by atoms with E-state index in [4.69, 9.17) is 0 Å². The molecule has 1 atom stereocenters. The smallest absolute Gasteiger partial charge is 0.129 e. The molecule has 0 nitrogen and oxygen atoms in total. The number of rotatable bonds is 2. The van der Waals surface area contributed by atoms with Crippen molar-refractivity contribution in [3.63, 3.8) is 0 Å². The average molecular weight is 166 g/mol. The summed E-state index contributed by atoms with van der Waals surface area (Å²) >= 11 is 0. The maximum absolute atomic E-state index is 3.75. The van der Waals surface area contributed by atoms with Crippen molar-refractivity contribution in [2.45, 2.75) is 33.0 Å². The van der Waals surface area contributed by atoms with Crippen molar-refractivity contribution in [2.24, 2.45) is 5.92 Å². The van der Waals surface area contributed by atoms with Crippen LogP contribution in [0.25, 0.3) is 0 Å². The lowest BCUT2D eigenvalue weighted by atomic mass is 10.1. The van der Waals surface area contributed by atoms with Gasteiger partial charge >= 0.3 is 0 Å². The SMILES string of the molecule is C=CC(C#C[Si](C)(C)C)CC. The van der Waals surface area contributed by atoms with Gasteiger partial charge in [-0.15, -0.1) is 18.0 Å². The van der Waals surface area contributed by atoms with E-state index >= 15 is 0 Å². The van der Waals surface area contributed by atoms with Crippen LogP contribution in [0.5, 0.6) is 0 Å². The second kappa shape index (κ2) is 4.41. The molecular formula is C10H18Si. The first-order valence-corrected chi connectivity index (χ1v) is 7.65. The van der Waals surface area contributed by atoms with E-state index in [0.717, 1.165) is 6.42 Å². The van der Waals surface area contributed by atoms with Crippen molar-refractivity contribution < 1.29 is 0 Å². The van der Waals surface area contributed by atoms with Crippen molar-refractivity contribution >= 4 is 8.07 Å². The Balaban J connectivity index is 4.14. The zero-order chi connectivity index (χ0) is 8.91. The Labute approximate surface area is 71.7 Å². The summed E-state index contributed by atoms with van der Waals surface area (Å²) in [7, 11) is -1.16. The third kappa shape index (κ3) is 5.94. The zero-order valence-electron chi connectivity index (χ0n) is 8.07. The van der Waals surface area contributed by atoms with E-state index in [1.807, 2.05) is 6.08 Å². The summed E-state index contributed by atoms with van der Waals surface area (Å²) in [5, 5.41) is 0. The molecule has 0 spiro atoms. The average Bonchev–Trinajstić information content (AvgIpc) is 1.88. The van der Waals surface area contributed by atoms with Crippen LogP contribution >= 0.6 is 0 Å². The maximum Gasteiger partial charge on any atom is 0.129 e. The molecule has 0 amide bonds. The van der Waals surface area contributed by atoms with Gasteiger partial charge in [-0.25, -0.2) is 0 Å². The molecule has 62 valence electrons. The highest BCUT2D eigenvalue weighted by Crippen LogP contribution is 2.03. The molecule has 11 heavy (non-hydrogen) atoms. The summed E-state index contributed by atoms with van der Waals surface area (Å²) in [5.41, 5.74) is 3.34. The Hall–Kier alpha value is -0.483. The standard InChI is InChI=1S/C10H18Si/c1-6-10(7-2)8-9-11(3,4)5/h6,10H,1,7H2,2-5H3. The monoisotopic (exact) mass is 166 g/mol. The van der Waals surface area contributed by atoms with E-state index in [0.29, 0.717) is 5.92 Å². The van der Waals surface area contributed by atoms with E-state index in [1.54, 1.807) is 0 Å². The summed E-state index contributed by atoms with van der Waals surface area (Å²) in [4.78, 5) is 0. The Morgan fingerprint density at radius 3 is 2.27 bits per heavy atom. The minimum Gasteiger partial charge on any atom is -0.131 e. The number of hydrogen-bond donors (Lipinski definition) is 0. The van der Waals surface area contributed by atoms with Gasteiger partial charge in [-0.1, -0.05) is 32.6 Å². The summed E-state index contributed by atoms with van der Waals surface area (Å²) in [6.45, 7) is 12.7. The molecule has 0 fully saturated rings. The van der Waals surface area contributed by atoms with Crippen LogP contribution in [0.4, 0.5) is 0 Å². The fourth-order valence-electron chi connectivity index (χ4n) is 0.637. The topological polar surface area (TPSA) is 0 Å². The predicted octanol–water partition coefficient (Wildman–Crippen LogP) is 3.08. The quantitative estimate of drug-likeness (QED) is 0.336. The summed E-state index contributed by atoms with van der Waals surface area (Å²) in [6, 6.07) is 0. The fraction of sp³-hybridized carbons (Fsp3) is 0.600. The Kier molecular flexibility index (Phi) is 4.21. The number of allylic oxidation sites excluding steroid dienone is 1. The van der Waals surface area contributed by atoms with Crippen LogP contribution in [0.15, 0.2) is 12.7 Å². The maximum atomic E-state index is 3.75. The molecule has 0 aromatic rings. The van der Waals surface area contributed by atoms with Crippen molar-refractivity contribution in [1.29, 1.82) is 0 Å². The van der Waals surface area contributed by atoms with Gasteiger partial charge in [-0.05, 0) is 6.42 Å². The highest BCUT2D eigenvalue weighted by molar-refractivity contribution is 6.83. The first-order valence-electron chi connectivity index (χ1n) is 4.15. The summed E-state index contributed by atoms with van der Waals surface area (Å²) in [5.74, 6) is 3.66. The molecule has 0 aromatic carbocycles. The van der Waals surface area contributed by atoms with Gasteiger partial charge in [0, 0.05) is 5.92 Å². The minimum absolute atomic E-state index is 0.404. The molecule has 1 heteroatoms. The fourth-order valence-corrected chi connectivity index (χ4v) is 1.26. The first-order chi connectivity index (χ1) is 4.99. The molecule has 0 saturated heterocycles. The largest absolute Gasteiger partial charge is 0.131 e. The van der Waals surface area contributed by atoms with Crippen LogP contribution in [-0.4, -0.2) is 8.07 Å². The second-order valence-electron chi connectivity index (χ2n) is 3.77. The lowest BCUT2D eigenvalue weighted by Gasteiger charge is -2.05. The number of hydrogen-bond acceptors (Lipinski definition) is 0. The van der Waals surface area contributed by atoms with Gasteiger partial charge in [0.1, 0.15) is 8.07 Å². The molecule has 0 rings (SSSR count). The lowest BCUT2D eigenvalue weighted by Crippen LogP contribution is -2.16. The molecule has 0 saturated carbocycles. The summed E-state index contributed by atoms with van der Waals surface area (Å²) in [6.07, 6.45) is 3.02. The first kappa shape index (κ1) is 10.5. The van der Waals surface area contributed by atoms with Crippen molar-refractivity contribution in [3.05, 3.63) is 12.7 Å². The van der Waals surface area contributed by atoms with Crippen molar-refractivity contribution in [2.75, 3.05) is 0 Å². The minimum atomic E-state index is -1.16. The highest BCUT2D eigenvalue weighted by atomic mass is 28.3. The Morgan fingerprint density at radius 2 is 2.00 bits per heavy atom.